The average molecular weight is 277 g/mol. The molecule has 1 heterocycles. The second-order valence-electron chi connectivity index (χ2n) is 4.84. The number of benzene rings is 1. The van der Waals surface area contributed by atoms with E-state index in [4.69, 9.17) is 10.5 Å². The summed E-state index contributed by atoms with van der Waals surface area (Å²) in [5.74, 6) is 0.163. The number of nitrogens with zero attached hydrogens (tertiary/aromatic N) is 2. The molecule has 2 N–H and O–H groups in total. The van der Waals surface area contributed by atoms with Crippen molar-refractivity contribution >= 4 is 0 Å². The number of aryl methyl sites for hydroxylation is 1. The van der Waals surface area contributed by atoms with Crippen molar-refractivity contribution in [1.82, 2.24) is 9.55 Å². The molecule has 0 saturated carbocycles. The van der Waals surface area contributed by atoms with Crippen molar-refractivity contribution in [3.05, 3.63) is 47.8 Å². The van der Waals surface area contributed by atoms with Crippen LogP contribution in [0.15, 0.2) is 30.7 Å². The summed E-state index contributed by atoms with van der Waals surface area (Å²) in [6.45, 7) is 5.19. The van der Waals surface area contributed by atoms with Gasteiger partial charge < -0.3 is 15.0 Å². The first-order valence-electron chi connectivity index (χ1n) is 6.78. The second-order valence-corrected chi connectivity index (χ2v) is 4.84. The van der Waals surface area contributed by atoms with Gasteiger partial charge in [-0.1, -0.05) is 13.0 Å². The maximum absolute atomic E-state index is 13.3. The highest BCUT2D eigenvalue weighted by atomic mass is 19.1. The smallest absolute Gasteiger partial charge is 0.130 e. The summed E-state index contributed by atoms with van der Waals surface area (Å²) in [5.41, 5.74) is 7.63. The van der Waals surface area contributed by atoms with Crippen molar-refractivity contribution in [3.8, 4) is 5.75 Å². The molecule has 0 radical (unpaired) electrons. The molecule has 1 aromatic carbocycles. The van der Waals surface area contributed by atoms with Gasteiger partial charge in [0.05, 0.1) is 18.2 Å². The van der Waals surface area contributed by atoms with Gasteiger partial charge in [-0.2, -0.15) is 0 Å². The Hall–Kier alpha value is -1.88. The number of imidazole rings is 1. The third kappa shape index (κ3) is 3.36. The van der Waals surface area contributed by atoms with Crippen LogP contribution in [0.1, 0.15) is 37.6 Å². The highest BCUT2D eigenvalue weighted by Crippen LogP contribution is 2.25. The Bertz CT molecular complexity index is 566. The number of rotatable bonds is 6. The zero-order valence-electron chi connectivity index (χ0n) is 11.8. The molecule has 5 heteroatoms. The maximum Gasteiger partial charge on any atom is 0.130 e. The molecular formula is C15H20FN3O. The number of aromatic nitrogens is 2. The molecule has 0 amide bonds. The molecule has 0 unspecified atom stereocenters. The predicted octanol–water partition coefficient (Wildman–Crippen LogP) is 3.03. The summed E-state index contributed by atoms with van der Waals surface area (Å²) in [4.78, 5) is 4.11. The van der Waals surface area contributed by atoms with Crippen molar-refractivity contribution in [2.24, 2.45) is 5.73 Å². The summed E-state index contributed by atoms with van der Waals surface area (Å²) in [7, 11) is 0. The van der Waals surface area contributed by atoms with Gasteiger partial charge in [0.15, 0.2) is 0 Å². The van der Waals surface area contributed by atoms with Gasteiger partial charge in [0.25, 0.3) is 0 Å². The lowest BCUT2D eigenvalue weighted by molar-refractivity contribution is 0.288. The number of halogens is 1. The van der Waals surface area contributed by atoms with Crippen LogP contribution < -0.4 is 10.5 Å². The van der Waals surface area contributed by atoms with E-state index in [1.165, 1.54) is 12.1 Å². The van der Waals surface area contributed by atoms with Gasteiger partial charge in [-0.3, -0.25) is 0 Å². The fourth-order valence-corrected chi connectivity index (χ4v) is 2.07. The molecule has 1 atom stereocenters. The Morgan fingerprint density at radius 3 is 2.95 bits per heavy atom. The summed E-state index contributed by atoms with van der Waals surface area (Å²) in [5, 5.41) is 0. The van der Waals surface area contributed by atoms with Crippen LogP contribution in [0.5, 0.6) is 5.75 Å². The maximum atomic E-state index is 13.3. The topological polar surface area (TPSA) is 53.1 Å². The third-order valence-corrected chi connectivity index (χ3v) is 3.10. The first-order valence-corrected chi connectivity index (χ1v) is 6.78. The molecule has 0 saturated heterocycles. The van der Waals surface area contributed by atoms with Crippen molar-refractivity contribution in [3.63, 3.8) is 0 Å². The molecule has 0 aliphatic heterocycles. The molecule has 0 aliphatic carbocycles. The first kappa shape index (κ1) is 14.5. The summed E-state index contributed by atoms with van der Waals surface area (Å²) < 4.78 is 21.1. The normalized spacial score (nSPS) is 12.4. The summed E-state index contributed by atoms with van der Waals surface area (Å²) >= 11 is 0. The molecule has 1 aromatic heterocycles. The van der Waals surface area contributed by atoms with Crippen LogP contribution in [0.3, 0.4) is 0 Å². The van der Waals surface area contributed by atoms with Gasteiger partial charge in [-0.25, -0.2) is 9.37 Å². The van der Waals surface area contributed by atoms with Crippen LogP contribution in [0.25, 0.3) is 0 Å². The van der Waals surface area contributed by atoms with Gasteiger partial charge >= 0.3 is 0 Å². The lowest BCUT2D eigenvalue weighted by Crippen LogP contribution is -2.10. The minimum absolute atomic E-state index is 0.203. The molecule has 108 valence electrons. The minimum atomic E-state index is -0.327. The number of ether oxygens (including phenoxy) is 1. The quantitative estimate of drug-likeness (QED) is 0.883. The van der Waals surface area contributed by atoms with E-state index in [0.29, 0.717) is 12.4 Å². The SMILES string of the molecule is CCCn1cncc1COc1cc(F)ccc1[C@H](C)N. The van der Waals surface area contributed by atoms with Crippen LogP contribution in [0, 0.1) is 5.82 Å². The summed E-state index contributed by atoms with van der Waals surface area (Å²) in [6, 6.07) is 4.23. The van der Waals surface area contributed by atoms with Gasteiger partial charge in [0.2, 0.25) is 0 Å². The fraction of sp³-hybridized carbons (Fsp3) is 0.400. The molecule has 0 spiro atoms. The van der Waals surface area contributed by atoms with E-state index in [9.17, 15) is 4.39 Å². The highest BCUT2D eigenvalue weighted by Gasteiger charge is 2.11. The van der Waals surface area contributed by atoms with Crippen molar-refractivity contribution < 1.29 is 9.13 Å². The monoisotopic (exact) mass is 277 g/mol. The van der Waals surface area contributed by atoms with Crippen LogP contribution in [-0.4, -0.2) is 9.55 Å². The van der Waals surface area contributed by atoms with Crippen LogP contribution in [0.2, 0.25) is 0 Å². The molecule has 0 fully saturated rings. The van der Waals surface area contributed by atoms with E-state index in [2.05, 4.69) is 11.9 Å². The number of nitrogens with two attached hydrogens (primary N) is 1. The Labute approximate surface area is 118 Å². The van der Waals surface area contributed by atoms with Gasteiger partial charge in [0, 0.05) is 24.2 Å². The Morgan fingerprint density at radius 1 is 1.45 bits per heavy atom. The Kier molecular flexibility index (Phi) is 4.74. The fourth-order valence-electron chi connectivity index (χ4n) is 2.07. The molecule has 0 aliphatic rings. The number of hydrogen-bond donors (Lipinski definition) is 1. The van der Waals surface area contributed by atoms with E-state index in [0.717, 1.165) is 24.2 Å². The molecular weight excluding hydrogens is 257 g/mol. The van der Waals surface area contributed by atoms with Gasteiger partial charge in [-0.15, -0.1) is 0 Å². The average Bonchev–Trinajstić information content (AvgIpc) is 2.84. The first-order chi connectivity index (χ1) is 9.61. The number of hydrogen-bond acceptors (Lipinski definition) is 3. The molecule has 0 bridgehead atoms. The zero-order chi connectivity index (χ0) is 14.5. The van der Waals surface area contributed by atoms with E-state index in [-0.39, 0.29) is 11.9 Å². The van der Waals surface area contributed by atoms with Gasteiger partial charge in [-0.05, 0) is 19.4 Å². The molecule has 4 nitrogen and oxygen atoms in total. The standard InChI is InChI=1S/C15H20FN3O/c1-3-6-19-10-18-8-13(19)9-20-15-7-12(16)4-5-14(15)11(2)17/h4-5,7-8,10-11H,3,6,9,17H2,1-2H3/t11-/m0/s1. The van der Waals surface area contributed by atoms with Crippen LogP contribution in [-0.2, 0) is 13.2 Å². The van der Waals surface area contributed by atoms with Crippen molar-refractivity contribution in [1.29, 1.82) is 0 Å². The largest absolute Gasteiger partial charge is 0.487 e. The summed E-state index contributed by atoms with van der Waals surface area (Å²) in [6.07, 6.45) is 4.56. The third-order valence-electron chi connectivity index (χ3n) is 3.10. The van der Waals surface area contributed by atoms with Crippen molar-refractivity contribution in [2.75, 3.05) is 0 Å². The Morgan fingerprint density at radius 2 is 2.25 bits per heavy atom. The predicted molar refractivity (Wildman–Crippen MR) is 75.9 cm³/mol. The minimum Gasteiger partial charge on any atom is -0.487 e. The Balaban J connectivity index is 2.14. The van der Waals surface area contributed by atoms with Crippen LogP contribution in [0.4, 0.5) is 4.39 Å². The zero-order valence-corrected chi connectivity index (χ0v) is 11.8. The van der Waals surface area contributed by atoms with E-state index >= 15 is 0 Å². The van der Waals surface area contributed by atoms with E-state index in [1.54, 1.807) is 18.6 Å². The highest BCUT2D eigenvalue weighted by molar-refractivity contribution is 5.36. The molecule has 2 rings (SSSR count). The molecule has 2 aromatic rings. The molecule has 20 heavy (non-hydrogen) atoms. The van der Waals surface area contributed by atoms with Crippen LogP contribution >= 0.6 is 0 Å². The lowest BCUT2D eigenvalue weighted by atomic mass is 10.1. The van der Waals surface area contributed by atoms with E-state index < -0.39 is 0 Å². The lowest BCUT2D eigenvalue weighted by Gasteiger charge is -2.14. The van der Waals surface area contributed by atoms with Crippen molar-refractivity contribution in [2.45, 2.75) is 39.5 Å². The van der Waals surface area contributed by atoms with E-state index in [1.807, 2.05) is 11.5 Å². The van der Waals surface area contributed by atoms with Gasteiger partial charge in [0.1, 0.15) is 18.2 Å². The second kappa shape index (κ2) is 6.52.